The van der Waals surface area contributed by atoms with Gasteiger partial charge in [0.1, 0.15) is 0 Å². The molecule has 2 aliphatic rings. The van der Waals surface area contributed by atoms with Crippen LogP contribution in [0, 0.1) is 11.8 Å². The third kappa shape index (κ3) is 5.94. The monoisotopic (exact) mass is 518 g/mol. The van der Waals surface area contributed by atoms with E-state index in [-0.39, 0.29) is 29.9 Å². The number of aromatic nitrogens is 1. The van der Waals surface area contributed by atoms with Gasteiger partial charge in [0, 0.05) is 12.6 Å². The van der Waals surface area contributed by atoms with Crippen molar-refractivity contribution in [2.75, 3.05) is 25.9 Å². The van der Waals surface area contributed by atoms with Gasteiger partial charge in [-0.25, -0.2) is 12.7 Å². The summed E-state index contributed by atoms with van der Waals surface area (Å²) in [4.78, 5) is 30.3. The Bertz CT molecular complexity index is 943. The van der Waals surface area contributed by atoms with Gasteiger partial charge in [-0.2, -0.15) is 0 Å². The zero-order valence-corrected chi connectivity index (χ0v) is 22.5. The molecule has 0 radical (unpaired) electrons. The van der Waals surface area contributed by atoms with Crippen molar-refractivity contribution < 1.29 is 22.5 Å². The average Bonchev–Trinajstić information content (AvgIpc) is 3.42. The van der Waals surface area contributed by atoms with Crippen LogP contribution in [0.25, 0.3) is 0 Å². The maximum Gasteiger partial charge on any atom is 0.276 e. The Balaban J connectivity index is 0.00000408. The van der Waals surface area contributed by atoms with Crippen LogP contribution >= 0.6 is 12.4 Å². The van der Waals surface area contributed by atoms with Crippen LogP contribution in [0.15, 0.2) is 10.6 Å². The van der Waals surface area contributed by atoms with E-state index in [4.69, 9.17) is 4.52 Å². The predicted molar refractivity (Wildman–Crippen MR) is 132 cm³/mol. The molecule has 3 rings (SSSR count). The van der Waals surface area contributed by atoms with Crippen molar-refractivity contribution in [2.45, 2.75) is 78.4 Å². The number of amides is 2. The van der Waals surface area contributed by atoms with E-state index in [2.05, 4.69) is 23.9 Å². The fraction of sp³-hybridized carbons (Fsp3) is 0.783. The van der Waals surface area contributed by atoms with Gasteiger partial charge in [-0.05, 0) is 38.3 Å². The quantitative estimate of drug-likeness (QED) is 0.443. The first-order chi connectivity index (χ1) is 15.6. The fourth-order valence-corrected chi connectivity index (χ4v) is 6.33. The molecule has 11 heteroatoms. The van der Waals surface area contributed by atoms with Crippen LogP contribution < -0.4 is 0 Å². The number of carbonyl (C=O) groups excluding carboxylic acids is 2. The van der Waals surface area contributed by atoms with Crippen molar-refractivity contribution in [1.82, 2.24) is 19.3 Å². The van der Waals surface area contributed by atoms with Crippen molar-refractivity contribution in [2.24, 2.45) is 11.8 Å². The lowest BCUT2D eigenvalue weighted by molar-refractivity contribution is -0.129. The maximum atomic E-state index is 13.4. The molecule has 0 aromatic carbocycles. The van der Waals surface area contributed by atoms with Gasteiger partial charge in [0.05, 0.1) is 30.8 Å². The first kappa shape index (κ1) is 28.6. The first-order valence-corrected chi connectivity index (χ1v) is 14.0. The minimum atomic E-state index is -3.70. The lowest BCUT2D eigenvalue weighted by atomic mass is 9.88. The van der Waals surface area contributed by atoms with E-state index in [1.807, 2.05) is 13.8 Å². The summed E-state index contributed by atoms with van der Waals surface area (Å²) in [5.74, 6) is -0.727. The molecule has 34 heavy (non-hydrogen) atoms. The summed E-state index contributed by atoms with van der Waals surface area (Å²) in [6.45, 7) is 11.0. The largest absolute Gasteiger partial charge is 0.359 e. The highest BCUT2D eigenvalue weighted by molar-refractivity contribution is 7.88. The molecule has 0 unspecified atom stereocenters. The highest BCUT2D eigenvalue weighted by Crippen LogP contribution is 2.41. The minimum absolute atomic E-state index is 0. The Labute approximate surface area is 209 Å². The summed E-state index contributed by atoms with van der Waals surface area (Å²) in [5, 5.41) is 4.04. The van der Waals surface area contributed by atoms with Crippen LogP contribution in [-0.2, 0) is 21.4 Å². The Morgan fingerprint density at radius 2 is 1.85 bits per heavy atom. The summed E-state index contributed by atoms with van der Waals surface area (Å²) >= 11 is 0. The fourth-order valence-electron chi connectivity index (χ4n) is 5.16. The van der Waals surface area contributed by atoms with E-state index >= 15 is 0 Å². The summed E-state index contributed by atoms with van der Waals surface area (Å²) < 4.78 is 31.2. The van der Waals surface area contributed by atoms with Crippen LogP contribution in [0.5, 0.6) is 0 Å². The lowest BCUT2D eigenvalue weighted by Crippen LogP contribution is -2.44. The highest BCUT2D eigenvalue weighted by Gasteiger charge is 2.58. The molecule has 0 N–H and O–H groups in total. The van der Waals surface area contributed by atoms with Crippen LogP contribution in [0.4, 0.5) is 0 Å². The summed E-state index contributed by atoms with van der Waals surface area (Å²) in [7, 11) is -3.70. The van der Waals surface area contributed by atoms with Crippen LogP contribution in [0.2, 0.25) is 0 Å². The molecule has 0 bridgehead atoms. The SMILES string of the molecule is CCCCN(CCCC)Cc1cc(C(=O)N2CC[C@H]3[C@H]2[C@@H](C(C)C)C(=O)N3S(C)(=O)=O)no1.Cl. The molecule has 9 nitrogen and oxygen atoms in total. The molecular formula is C23H39ClN4O5S. The molecule has 2 amide bonds. The average molecular weight is 519 g/mol. The van der Waals surface area contributed by atoms with Gasteiger partial charge in [0.15, 0.2) is 11.5 Å². The molecule has 0 aliphatic carbocycles. The number of sulfonamides is 1. The molecular weight excluding hydrogens is 480 g/mol. The van der Waals surface area contributed by atoms with Crippen molar-refractivity contribution in [3.8, 4) is 0 Å². The number of rotatable bonds is 11. The molecule has 0 saturated carbocycles. The Morgan fingerprint density at radius 3 is 2.38 bits per heavy atom. The molecule has 0 spiro atoms. The number of hydrogen-bond donors (Lipinski definition) is 0. The van der Waals surface area contributed by atoms with E-state index < -0.39 is 33.9 Å². The Kier molecular flexibility index (Phi) is 9.97. The smallest absolute Gasteiger partial charge is 0.276 e. The van der Waals surface area contributed by atoms with E-state index in [0.29, 0.717) is 25.3 Å². The van der Waals surface area contributed by atoms with Gasteiger partial charge in [0.25, 0.3) is 5.91 Å². The summed E-state index contributed by atoms with van der Waals surface area (Å²) in [6.07, 6.45) is 5.91. The number of halogens is 1. The van der Waals surface area contributed by atoms with Crippen molar-refractivity contribution in [1.29, 1.82) is 0 Å². The van der Waals surface area contributed by atoms with Crippen LogP contribution in [0.1, 0.15) is 76.0 Å². The molecule has 3 heterocycles. The van der Waals surface area contributed by atoms with Crippen molar-refractivity contribution in [3.05, 3.63) is 17.5 Å². The number of nitrogens with zero attached hydrogens (tertiary/aromatic N) is 4. The molecule has 2 fully saturated rings. The second-order valence-electron chi connectivity index (χ2n) is 9.67. The summed E-state index contributed by atoms with van der Waals surface area (Å²) in [5.41, 5.74) is 0.212. The number of unbranched alkanes of at least 4 members (excludes halogenated alkanes) is 2. The van der Waals surface area contributed by atoms with Gasteiger partial charge < -0.3 is 9.42 Å². The van der Waals surface area contributed by atoms with E-state index in [0.717, 1.165) is 49.3 Å². The minimum Gasteiger partial charge on any atom is -0.359 e. The standard InChI is InChI=1S/C23H38N4O5S.ClH/c1-6-8-11-25(12-9-7-2)15-17-14-18(24-32-17)22(28)26-13-10-19-21(26)20(16(3)4)23(29)27(19)33(5,30)31;/h14,16,19-21H,6-13,15H2,1-5H3;1H/t19-,20+,21-;/m0./s1. The van der Waals surface area contributed by atoms with Gasteiger partial charge in [-0.1, -0.05) is 45.7 Å². The van der Waals surface area contributed by atoms with Gasteiger partial charge in [-0.3, -0.25) is 14.5 Å². The molecule has 3 atom stereocenters. The van der Waals surface area contributed by atoms with Crippen LogP contribution in [0.3, 0.4) is 0 Å². The number of fused-ring (bicyclic) bond motifs is 1. The van der Waals surface area contributed by atoms with Gasteiger partial charge in [-0.15, -0.1) is 12.4 Å². The van der Waals surface area contributed by atoms with E-state index in [1.54, 1.807) is 11.0 Å². The first-order valence-electron chi connectivity index (χ1n) is 12.1. The number of carbonyl (C=O) groups is 2. The topological polar surface area (TPSA) is 104 Å². The van der Waals surface area contributed by atoms with E-state index in [1.165, 1.54) is 0 Å². The Hall–Kier alpha value is -1.65. The van der Waals surface area contributed by atoms with Crippen molar-refractivity contribution >= 4 is 34.2 Å². The number of hydrogen-bond acceptors (Lipinski definition) is 7. The normalized spacial score (nSPS) is 22.6. The highest BCUT2D eigenvalue weighted by atomic mass is 35.5. The third-order valence-electron chi connectivity index (χ3n) is 6.74. The second kappa shape index (κ2) is 11.9. The van der Waals surface area contributed by atoms with Crippen LogP contribution in [-0.4, -0.2) is 77.5 Å². The molecule has 1 aromatic heterocycles. The zero-order chi connectivity index (χ0) is 24.3. The molecule has 2 saturated heterocycles. The van der Waals surface area contributed by atoms with E-state index in [9.17, 15) is 18.0 Å². The number of likely N-dealkylation sites (tertiary alicyclic amines) is 1. The van der Waals surface area contributed by atoms with Crippen molar-refractivity contribution in [3.63, 3.8) is 0 Å². The maximum absolute atomic E-state index is 13.4. The molecule has 194 valence electrons. The second-order valence-corrected chi connectivity index (χ2v) is 11.5. The predicted octanol–water partition coefficient (Wildman–Crippen LogP) is 3.16. The third-order valence-corrected chi connectivity index (χ3v) is 7.91. The Morgan fingerprint density at radius 1 is 1.24 bits per heavy atom. The van der Waals surface area contributed by atoms with Gasteiger partial charge in [0.2, 0.25) is 15.9 Å². The zero-order valence-electron chi connectivity index (χ0n) is 20.9. The molecule has 1 aromatic rings. The molecule has 2 aliphatic heterocycles. The summed E-state index contributed by atoms with van der Waals surface area (Å²) in [6, 6.07) is 0.690. The van der Waals surface area contributed by atoms with Gasteiger partial charge >= 0.3 is 0 Å². The lowest BCUT2D eigenvalue weighted by Gasteiger charge is -2.28.